The fraction of sp³-hybridized carbons (Fsp3) is 0.867. The van der Waals surface area contributed by atoms with Gasteiger partial charge in [-0.25, -0.2) is 0 Å². The first kappa shape index (κ1) is 13.1. The molecule has 4 heteroatoms. The molecular weight excluding hydrogens is 242 g/mol. The van der Waals surface area contributed by atoms with Crippen molar-refractivity contribution in [2.45, 2.75) is 58.0 Å². The molecule has 0 bridgehead atoms. The normalized spacial score (nSPS) is 36.1. The van der Waals surface area contributed by atoms with Gasteiger partial charge in [-0.3, -0.25) is 14.5 Å². The van der Waals surface area contributed by atoms with Gasteiger partial charge in [0.15, 0.2) is 0 Å². The van der Waals surface area contributed by atoms with Gasteiger partial charge in [0.25, 0.3) is 0 Å². The van der Waals surface area contributed by atoms with Crippen LogP contribution >= 0.6 is 0 Å². The minimum Gasteiger partial charge on any atom is -0.388 e. The van der Waals surface area contributed by atoms with Crippen molar-refractivity contribution in [3.05, 3.63) is 0 Å². The molecule has 1 N–H and O–H groups in total. The molecule has 19 heavy (non-hydrogen) atoms. The van der Waals surface area contributed by atoms with Crippen LogP contribution < -0.4 is 0 Å². The number of hydrogen-bond acceptors (Lipinski definition) is 3. The van der Waals surface area contributed by atoms with Crippen molar-refractivity contribution in [1.82, 2.24) is 4.90 Å². The first-order valence-corrected chi connectivity index (χ1v) is 7.44. The predicted molar refractivity (Wildman–Crippen MR) is 70.1 cm³/mol. The number of nitrogens with zero attached hydrogens (tertiary/aromatic N) is 1. The molecule has 3 aliphatic rings. The smallest absolute Gasteiger partial charge is 0.233 e. The highest BCUT2D eigenvalue weighted by atomic mass is 16.3. The highest BCUT2D eigenvalue weighted by molar-refractivity contribution is 6.10. The van der Waals surface area contributed by atoms with Crippen molar-refractivity contribution in [3.8, 4) is 0 Å². The number of imide groups is 1. The van der Waals surface area contributed by atoms with E-state index in [0.29, 0.717) is 12.8 Å². The lowest BCUT2D eigenvalue weighted by molar-refractivity contribution is -0.147. The van der Waals surface area contributed by atoms with E-state index in [0.717, 1.165) is 25.7 Å². The van der Waals surface area contributed by atoms with Gasteiger partial charge < -0.3 is 5.11 Å². The highest BCUT2D eigenvalue weighted by Crippen LogP contribution is 2.63. The number of β-amino-alcohol motifs (C(OH)–C–C–N with tert-alkyl or cyclic N) is 1. The molecule has 1 heterocycles. The standard InChI is InChI=1S/C15H23NO3/c1-14(2)10-11(14)13(18)16(12(10)17)9-15(19)7-5-3-4-6-8-15/h10-11,19H,3-9H2,1-2H3. The van der Waals surface area contributed by atoms with Crippen molar-refractivity contribution in [1.29, 1.82) is 0 Å². The van der Waals surface area contributed by atoms with Crippen LogP contribution in [0.4, 0.5) is 0 Å². The van der Waals surface area contributed by atoms with Crippen LogP contribution in [0.3, 0.4) is 0 Å². The largest absolute Gasteiger partial charge is 0.388 e. The molecule has 2 aliphatic carbocycles. The number of fused-ring (bicyclic) bond motifs is 1. The number of piperidine rings is 1. The maximum atomic E-state index is 12.3. The van der Waals surface area contributed by atoms with Gasteiger partial charge in [-0.15, -0.1) is 0 Å². The molecule has 3 rings (SSSR count). The molecule has 2 saturated carbocycles. The van der Waals surface area contributed by atoms with E-state index in [-0.39, 0.29) is 35.6 Å². The van der Waals surface area contributed by atoms with Gasteiger partial charge in [0, 0.05) is 0 Å². The number of likely N-dealkylation sites (tertiary alicyclic amines) is 1. The predicted octanol–water partition coefficient (Wildman–Crippen LogP) is 1.71. The van der Waals surface area contributed by atoms with Gasteiger partial charge in [0.2, 0.25) is 11.8 Å². The zero-order chi connectivity index (χ0) is 13.8. The maximum absolute atomic E-state index is 12.3. The summed E-state index contributed by atoms with van der Waals surface area (Å²) < 4.78 is 0. The summed E-state index contributed by atoms with van der Waals surface area (Å²) in [5.74, 6) is -0.376. The Morgan fingerprint density at radius 3 is 2.00 bits per heavy atom. The Balaban J connectivity index is 1.71. The third-order valence-corrected chi connectivity index (χ3v) is 5.38. The quantitative estimate of drug-likeness (QED) is 0.611. The van der Waals surface area contributed by atoms with E-state index in [1.54, 1.807) is 0 Å². The molecule has 2 amide bonds. The van der Waals surface area contributed by atoms with Crippen LogP contribution in [-0.2, 0) is 9.59 Å². The Bertz CT molecular complexity index is 397. The molecule has 1 saturated heterocycles. The fourth-order valence-corrected chi connectivity index (χ4v) is 4.00. The average molecular weight is 265 g/mol. The van der Waals surface area contributed by atoms with E-state index in [2.05, 4.69) is 0 Å². The summed E-state index contributed by atoms with van der Waals surface area (Å²) in [6.45, 7) is 4.18. The summed E-state index contributed by atoms with van der Waals surface area (Å²) in [6, 6.07) is 0. The summed E-state index contributed by atoms with van der Waals surface area (Å²) in [5, 5.41) is 10.6. The maximum Gasteiger partial charge on any atom is 0.233 e. The molecule has 0 aromatic carbocycles. The molecule has 106 valence electrons. The minimum absolute atomic E-state index is 0.0577. The zero-order valence-electron chi connectivity index (χ0n) is 11.8. The van der Waals surface area contributed by atoms with Gasteiger partial charge in [-0.1, -0.05) is 39.5 Å². The van der Waals surface area contributed by atoms with Crippen molar-refractivity contribution in [2.75, 3.05) is 6.54 Å². The van der Waals surface area contributed by atoms with Crippen molar-refractivity contribution in [3.63, 3.8) is 0 Å². The van der Waals surface area contributed by atoms with E-state index in [9.17, 15) is 14.7 Å². The molecule has 0 aromatic rings. The lowest BCUT2D eigenvalue weighted by Gasteiger charge is -2.32. The van der Waals surface area contributed by atoms with Crippen molar-refractivity contribution >= 4 is 11.8 Å². The third kappa shape index (κ3) is 1.92. The van der Waals surface area contributed by atoms with Crippen LogP contribution in [-0.4, -0.2) is 34.0 Å². The average Bonchev–Trinajstić information content (AvgIpc) is 2.89. The molecule has 0 spiro atoms. The number of carbonyl (C=O) groups excluding carboxylic acids is 2. The Hall–Kier alpha value is -0.900. The lowest BCUT2D eigenvalue weighted by atomic mass is 9.93. The number of amides is 2. The van der Waals surface area contributed by atoms with Gasteiger partial charge in [-0.05, 0) is 18.3 Å². The summed E-state index contributed by atoms with van der Waals surface area (Å²) in [7, 11) is 0. The van der Waals surface area contributed by atoms with Crippen LogP contribution in [0.2, 0.25) is 0 Å². The van der Waals surface area contributed by atoms with Crippen molar-refractivity contribution in [2.24, 2.45) is 17.3 Å². The number of hydrogen-bond donors (Lipinski definition) is 1. The first-order valence-electron chi connectivity index (χ1n) is 7.44. The van der Waals surface area contributed by atoms with Crippen LogP contribution in [0.15, 0.2) is 0 Å². The molecule has 3 fully saturated rings. The van der Waals surface area contributed by atoms with Gasteiger partial charge in [-0.2, -0.15) is 0 Å². The van der Waals surface area contributed by atoms with E-state index in [4.69, 9.17) is 0 Å². The first-order chi connectivity index (χ1) is 8.87. The van der Waals surface area contributed by atoms with Gasteiger partial charge in [0.05, 0.1) is 24.0 Å². The molecular formula is C15H23NO3. The second-order valence-corrected chi connectivity index (χ2v) is 7.18. The van der Waals surface area contributed by atoms with E-state index < -0.39 is 5.60 Å². The van der Waals surface area contributed by atoms with Crippen molar-refractivity contribution < 1.29 is 14.7 Å². The Labute approximate surface area is 114 Å². The number of carbonyl (C=O) groups is 2. The molecule has 1 aliphatic heterocycles. The van der Waals surface area contributed by atoms with Crippen LogP contribution in [0.1, 0.15) is 52.4 Å². The van der Waals surface area contributed by atoms with Crippen LogP contribution in [0, 0.1) is 17.3 Å². The van der Waals surface area contributed by atoms with Gasteiger partial charge >= 0.3 is 0 Å². The Morgan fingerprint density at radius 2 is 1.53 bits per heavy atom. The van der Waals surface area contributed by atoms with Crippen LogP contribution in [0.5, 0.6) is 0 Å². The van der Waals surface area contributed by atoms with Crippen LogP contribution in [0.25, 0.3) is 0 Å². The minimum atomic E-state index is -0.845. The molecule has 4 nitrogen and oxygen atoms in total. The molecule has 2 unspecified atom stereocenters. The summed E-state index contributed by atoms with van der Waals surface area (Å²) >= 11 is 0. The number of rotatable bonds is 2. The van der Waals surface area contributed by atoms with E-state index in [1.807, 2.05) is 13.8 Å². The topological polar surface area (TPSA) is 57.6 Å². The van der Waals surface area contributed by atoms with Gasteiger partial charge in [0.1, 0.15) is 0 Å². The summed E-state index contributed by atoms with van der Waals surface area (Å²) in [4.78, 5) is 25.9. The fourth-order valence-electron chi connectivity index (χ4n) is 4.00. The monoisotopic (exact) mass is 265 g/mol. The third-order valence-electron chi connectivity index (χ3n) is 5.38. The Kier molecular flexibility index (Phi) is 2.79. The molecule has 0 aromatic heterocycles. The highest BCUT2D eigenvalue weighted by Gasteiger charge is 2.72. The summed E-state index contributed by atoms with van der Waals surface area (Å²) in [5.41, 5.74) is -1.00. The second kappa shape index (κ2) is 4.05. The van der Waals surface area contributed by atoms with E-state index in [1.165, 1.54) is 4.90 Å². The molecule has 2 atom stereocenters. The van der Waals surface area contributed by atoms with E-state index >= 15 is 0 Å². The lowest BCUT2D eigenvalue weighted by Crippen LogP contribution is -2.47. The SMILES string of the molecule is CC1(C)C2C(=O)N(CC3(O)CCCCCC3)C(=O)C21. The number of aliphatic hydroxyl groups is 1. The second-order valence-electron chi connectivity index (χ2n) is 7.18. The zero-order valence-corrected chi connectivity index (χ0v) is 11.8. The molecule has 0 radical (unpaired) electrons. The summed E-state index contributed by atoms with van der Waals surface area (Å²) in [6.07, 6.45) is 5.69. The Morgan fingerprint density at radius 1 is 1.05 bits per heavy atom.